The molecule has 0 aliphatic rings. The molecule has 0 saturated carbocycles. The Hall–Kier alpha value is -1.58. The number of rotatable bonds is 6. The van der Waals surface area contributed by atoms with Crippen LogP contribution in [0.2, 0.25) is 25.7 Å². The second-order valence-electron chi connectivity index (χ2n) is 6.86. The number of hydrogen-bond donors (Lipinski definition) is 0. The third kappa shape index (κ3) is 4.08. The van der Waals surface area contributed by atoms with Crippen molar-refractivity contribution in [3.8, 4) is 0 Å². The minimum atomic E-state index is -1.20. The molecular weight excluding hydrogens is 394 g/mol. The van der Waals surface area contributed by atoms with Crippen LogP contribution in [0.4, 0.5) is 5.69 Å². The Balaban J connectivity index is 2.35. The highest BCUT2D eigenvalue weighted by molar-refractivity contribution is 9.10. The molecule has 130 valence electrons. The third-order valence-electron chi connectivity index (χ3n) is 3.70. The molecule has 0 saturated heterocycles. The van der Waals surface area contributed by atoms with Gasteiger partial charge in [0, 0.05) is 26.3 Å². The molecule has 1 aromatic carbocycles. The van der Waals surface area contributed by atoms with Crippen LogP contribution in [0.1, 0.15) is 5.56 Å². The second-order valence-corrected chi connectivity index (χ2v) is 13.3. The fraction of sp³-hybridized carbons (Fsp3) is 0.467. The second kappa shape index (κ2) is 7.12. The number of nitro groups is 1. The minimum Gasteiger partial charge on any atom is -0.361 e. The number of benzene rings is 1. The predicted octanol–water partition coefficient (Wildman–Crippen LogP) is 3.69. The molecule has 0 unspecified atom stereocenters. The topological polar surface area (TPSA) is 87.3 Å². The molecule has 0 N–H and O–H groups in total. The first kappa shape index (κ1) is 18.8. The summed E-state index contributed by atoms with van der Waals surface area (Å²) >= 11 is 3.30. The van der Waals surface area contributed by atoms with Crippen LogP contribution < -0.4 is 5.56 Å². The lowest BCUT2D eigenvalue weighted by atomic mass is 10.1. The van der Waals surface area contributed by atoms with Gasteiger partial charge in [-0.3, -0.25) is 19.5 Å². The summed E-state index contributed by atoms with van der Waals surface area (Å²) in [5, 5.41) is 11.4. The molecule has 0 bridgehead atoms. The number of halogens is 1. The lowest BCUT2D eigenvalue weighted by molar-refractivity contribution is -0.385. The molecule has 2 rings (SSSR count). The van der Waals surface area contributed by atoms with Crippen molar-refractivity contribution in [1.82, 2.24) is 9.55 Å². The van der Waals surface area contributed by atoms with Gasteiger partial charge >= 0.3 is 0 Å². The maximum absolute atomic E-state index is 12.6. The molecular formula is C15H20BrN3O4Si. The van der Waals surface area contributed by atoms with Crippen LogP contribution in [-0.2, 0) is 11.5 Å². The van der Waals surface area contributed by atoms with Gasteiger partial charge < -0.3 is 4.74 Å². The fourth-order valence-electron chi connectivity index (χ4n) is 2.17. The normalized spacial score (nSPS) is 11.9. The van der Waals surface area contributed by atoms with Gasteiger partial charge in [-0.25, -0.2) is 4.98 Å². The van der Waals surface area contributed by atoms with Gasteiger partial charge in [-0.05, 0) is 28.9 Å². The average molecular weight is 414 g/mol. The van der Waals surface area contributed by atoms with Gasteiger partial charge in [0.05, 0.1) is 20.3 Å². The van der Waals surface area contributed by atoms with Crippen molar-refractivity contribution in [2.24, 2.45) is 0 Å². The summed E-state index contributed by atoms with van der Waals surface area (Å²) in [6.07, 6.45) is 1.41. The van der Waals surface area contributed by atoms with Gasteiger partial charge in [0.15, 0.2) is 0 Å². The largest absolute Gasteiger partial charge is 0.361 e. The summed E-state index contributed by atoms with van der Waals surface area (Å²) in [5.41, 5.74) is 0.410. The Bertz CT molecular complexity index is 845. The third-order valence-corrected chi connectivity index (χ3v) is 6.37. The van der Waals surface area contributed by atoms with E-state index in [1.807, 2.05) is 0 Å². The van der Waals surface area contributed by atoms with E-state index in [2.05, 4.69) is 40.6 Å². The zero-order valence-electron chi connectivity index (χ0n) is 14.1. The molecule has 0 aliphatic carbocycles. The Morgan fingerprint density at radius 3 is 2.67 bits per heavy atom. The van der Waals surface area contributed by atoms with Crippen LogP contribution in [0.3, 0.4) is 0 Å². The number of hydrogen-bond acceptors (Lipinski definition) is 5. The molecule has 2 aromatic rings. The quantitative estimate of drug-likeness (QED) is 0.311. The van der Waals surface area contributed by atoms with Crippen LogP contribution in [0.25, 0.3) is 10.9 Å². The summed E-state index contributed by atoms with van der Waals surface area (Å²) in [6.45, 7) is 9.04. The van der Waals surface area contributed by atoms with E-state index in [0.29, 0.717) is 22.2 Å². The summed E-state index contributed by atoms with van der Waals surface area (Å²) in [4.78, 5) is 27.5. The van der Waals surface area contributed by atoms with Crippen molar-refractivity contribution in [3.63, 3.8) is 0 Å². The highest BCUT2D eigenvalue weighted by Gasteiger charge is 2.19. The standard InChI is InChI=1S/C15H20BrN3O4Si/c1-10-12(19(21)22)7-11-14(13(10)16)17-8-18(15(11)20)9-23-5-6-24(2,3)4/h7-8H,5-6,9H2,1-4H3. The summed E-state index contributed by atoms with van der Waals surface area (Å²) in [7, 11) is -1.20. The Morgan fingerprint density at radius 2 is 2.08 bits per heavy atom. The highest BCUT2D eigenvalue weighted by atomic mass is 79.9. The van der Waals surface area contributed by atoms with Crippen molar-refractivity contribution in [1.29, 1.82) is 0 Å². The summed E-state index contributed by atoms with van der Waals surface area (Å²) in [6, 6.07) is 2.28. The molecule has 0 amide bonds. The van der Waals surface area contributed by atoms with E-state index in [1.54, 1.807) is 6.92 Å². The van der Waals surface area contributed by atoms with Gasteiger partial charge in [-0.1, -0.05) is 19.6 Å². The number of nitro benzene ring substituents is 1. The molecule has 24 heavy (non-hydrogen) atoms. The molecule has 1 heterocycles. The summed E-state index contributed by atoms with van der Waals surface area (Å²) in [5.74, 6) is 0. The van der Waals surface area contributed by atoms with Crippen LogP contribution in [0.5, 0.6) is 0 Å². The first-order valence-electron chi connectivity index (χ1n) is 7.52. The lowest BCUT2D eigenvalue weighted by Gasteiger charge is -2.15. The van der Waals surface area contributed by atoms with Gasteiger partial charge in [0.25, 0.3) is 11.2 Å². The molecule has 0 aliphatic heterocycles. The van der Waals surface area contributed by atoms with E-state index in [1.165, 1.54) is 17.0 Å². The van der Waals surface area contributed by atoms with Crippen molar-refractivity contribution >= 4 is 40.6 Å². The highest BCUT2D eigenvalue weighted by Crippen LogP contribution is 2.31. The van der Waals surface area contributed by atoms with E-state index in [-0.39, 0.29) is 23.4 Å². The van der Waals surface area contributed by atoms with Gasteiger partial charge in [0.2, 0.25) is 0 Å². The monoisotopic (exact) mass is 413 g/mol. The Kier molecular flexibility index (Phi) is 5.56. The Morgan fingerprint density at radius 1 is 1.42 bits per heavy atom. The zero-order chi connectivity index (χ0) is 18.1. The number of nitrogens with zero attached hydrogens (tertiary/aromatic N) is 3. The zero-order valence-corrected chi connectivity index (χ0v) is 16.7. The average Bonchev–Trinajstić information content (AvgIpc) is 2.48. The Labute approximate surface area is 148 Å². The minimum absolute atomic E-state index is 0.0888. The SMILES string of the molecule is Cc1c([N+](=O)[O-])cc2c(=O)n(COCC[Si](C)(C)C)cnc2c1Br. The predicted molar refractivity (Wildman–Crippen MR) is 99.2 cm³/mol. The molecule has 9 heteroatoms. The van der Waals surface area contributed by atoms with Crippen LogP contribution in [0.15, 0.2) is 21.7 Å². The number of aromatic nitrogens is 2. The molecule has 0 radical (unpaired) electrons. The number of ether oxygens (including phenoxy) is 1. The van der Waals surface area contributed by atoms with Crippen LogP contribution in [0, 0.1) is 17.0 Å². The van der Waals surface area contributed by atoms with E-state index >= 15 is 0 Å². The van der Waals surface area contributed by atoms with Crippen molar-refractivity contribution < 1.29 is 9.66 Å². The first-order chi connectivity index (χ1) is 11.1. The van der Waals surface area contributed by atoms with Crippen LogP contribution >= 0.6 is 15.9 Å². The van der Waals surface area contributed by atoms with E-state index < -0.39 is 13.0 Å². The molecule has 1 aromatic heterocycles. The lowest BCUT2D eigenvalue weighted by Crippen LogP contribution is -2.25. The van der Waals surface area contributed by atoms with E-state index in [0.717, 1.165) is 6.04 Å². The maximum Gasteiger partial charge on any atom is 0.274 e. The van der Waals surface area contributed by atoms with Gasteiger partial charge in [-0.2, -0.15) is 0 Å². The smallest absolute Gasteiger partial charge is 0.274 e. The van der Waals surface area contributed by atoms with Gasteiger partial charge in [-0.15, -0.1) is 0 Å². The van der Waals surface area contributed by atoms with E-state index in [4.69, 9.17) is 4.74 Å². The molecule has 7 nitrogen and oxygen atoms in total. The molecule has 0 fully saturated rings. The van der Waals surface area contributed by atoms with Crippen molar-refractivity contribution in [2.45, 2.75) is 39.3 Å². The molecule has 0 atom stereocenters. The van der Waals surface area contributed by atoms with Gasteiger partial charge in [0.1, 0.15) is 13.1 Å². The number of fused-ring (bicyclic) bond motifs is 1. The first-order valence-corrected chi connectivity index (χ1v) is 12.0. The summed E-state index contributed by atoms with van der Waals surface area (Å²) < 4.78 is 7.37. The molecule has 0 spiro atoms. The van der Waals surface area contributed by atoms with Crippen LogP contribution in [-0.4, -0.2) is 29.2 Å². The van der Waals surface area contributed by atoms with Crippen molar-refractivity contribution in [2.75, 3.05) is 6.61 Å². The maximum atomic E-state index is 12.6. The fourth-order valence-corrected chi connectivity index (χ4v) is 3.44. The van der Waals surface area contributed by atoms with E-state index in [9.17, 15) is 14.9 Å². The van der Waals surface area contributed by atoms with Crippen molar-refractivity contribution in [3.05, 3.63) is 42.9 Å².